The molecular formula is C15H20N4O2S. The minimum atomic E-state index is -0.600. The van der Waals surface area contributed by atoms with Crippen LogP contribution < -0.4 is 16.0 Å². The predicted molar refractivity (Wildman–Crippen MR) is 88.2 cm³/mol. The average Bonchev–Trinajstić information content (AvgIpc) is 2.45. The van der Waals surface area contributed by atoms with Crippen LogP contribution in [-0.2, 0) is 11.2 Å². The van der Waals surface area contributed by atoms with Gasteiger partial charge in [-0.1, -0.05) is 12.1 Å². The minimum Gasteiger partial charge on any atom is -0.508 e. The molecule has 0 radical (unpaired) electrons. The molecule has 1 atom stereocenters. The molecule has 1 aromatic carbocycles. The summed E-state index contributed by atoms with van der Waals surface area (Å²) in [4.78, 5) is 12.1. The highest BCUT2D eigenvalue weighted by atomic mass is 32.1. The molecule has 1 unspecified atom stereocenters. The monoisotopic (exact) mass is 320 g/mol. The quantitative estimate of drug-likeness (QED) is 0.458. The molecule has 0 aliphatic heterocycles. The Labute approximate surface area is 135 Å². The van der Waals surface area contributed by atoms with Crippen molar-refractivity contribution in [3.63, 3.8) is 0 Å². The third-order valence-corrected chi connectivity index (χ3v) is 3.00. The fraction of sp³-hybridized carbons (Fsp3) is 0.400. The van der Waals surface area contributed by atoms with Crippen LogP contribution in [0.1, 0.15) is 19.4 Å². The van der Waals surface area contributed by atoms with Gasteiger partial charge in [0.05, 0.1) is 6.07 Å². The van der Waals surface area contributed by atoms with Crippen LogP contribution in [0.5, 0.6) is 5.75 Å². The molecule has 0 aliphatic rings. The largest absolute Gasteiger partial charge is 0.508 e. The number of hydrogen-bond donors (Lipinski definition) is 4. The summed E-state index contributed by atoms with van der Waals surface area (Å²) >= 11 is 5.17. The molecule has 7 heteroatoms. The van der Waals surface area contributed by atoms with Crippen LogP contribution in [0.4, 0.5) is 0 Å². The summed E-state index contributed by atoms with van der Waals surface area (Å²) in [7, 11) is 0. The zero-order chi connectivity index (χ0) is 16.5. The Bertz CT molecular complexity index is 552. The number of phenols is 1. The van der Waals surface area contributed by atoms with E-state index in [-0.39, 0.29) is 24.2 Å². The first-order valence-corrected chi connectivity index (χ1v) is 7.32. The van der Waals surface area contributed by atoms with E-state index in [0.29, 0.717) is 11.5 Å². The fourth-order valence-corrected chi connectivity index (χ4v) is 2.17. The Morgan fingerprint density at radius 1 is 1.32 bits per heavy atom. The number of nitrogens with one attached hydrogen (secondary N) is 3. The van der Waals surface area contributed by atoms with Crippen molar-refractivity contribution in [2.45, 2.75) is 32.4 Å². The van der Waals surface area contributed by atoms with Crippen LogP contribution in [0.15, 0.2) is 24.3 Å². The number of phenolic OH excluding ortho intramolecular Hbond substituents is 1. The van der Waals surface area contributed by atoms with Crippen LogP contribution in [-0.4, -0.2) is 34.8 Å². The number of benzene rings is 1. The first-order valence-electron chi connectivity index (χ1n) is 6.92. The van der Waals surface area contributed by atoms with Crippen molar-refractivity contribution in [3.05, 3.63) is 29.8 Å². The van der Waals surface area contributed by atoms with E-state index in [4.69, 9.17) is 17.5 Å². The summed E-state index contributed by atoms with van der Waals surface area (Å²) in [5.41, 5.74) is 0.870. The van der Waals surface area contributed by atoms with E-state index in [1.165, 1.54) is 0 Å². The number of carbonyl (C=O) groups is 1. The number of nitrogens with zero attached hydrogens (tertiary/aromatic N) is 1. The number of amides is 1. The molecule has 4 N–H and O–H groups in total. The van der Waals surface area contributed by atoms with Gasteiger partial charge in [0, 0.05) is 12.5 Å². The SMILES string of the molecule is CC(C)NC(=S)NC(Cc1ccc(O)cc1)C(=O)NCC#N. The van der Waals surface area contributed by atoms with Crippen LogP contribution in [0.2, 0.25) is 0 Å². The second kappa shape index (κ2) is 8.85. The van der Waals surface area contributed by atoms with Gasteiger partial charge in [-0.25, -0.2) is 0 Å². The third kappa shape index (κ3) is 6.41. The number of hydrogen-bond acceptors (Lipinski definition) is 4. The lowest BCUT2D eigenvalue weighted by molar-refractivity contribution is -0.122. The zero-order valence-corrected chi connectivity index (χ0v) is 13.4. The molecule has 0 aliphatic carbocycles. The topological polar surface area (TPSA) is 97.2 Å². The molecule has 22 heavy (non-hydrogen) atoms. The second-order valence-electron chi connectivity index (χ2n) is 5.07. The van der Waals surface area contributed by atoms with Gasteiger partial charge in [0.1, 0.15) is 18.3 Å². The van der Waals surface area contributed by atoms with Crippen molar-refractivity contribution in [1.82, 2.24) is 16.0 Å². The Morgan fingerprint density at radius 2 is 1.95 bits per heavy atom. The molecule has 118 valence electrons. The number of nitriles is 1. The average molecular weight is 320 g/mol. The molecular weight excluding hydrogens is 300 g/mol. The van der Waals surface area contributed by atoms with Gasteiger partial charge in [-0.05, 0) is 43.8 Å². The first kappa shape index (κ1) is 17.7. The summed E-state index contributed by atoms with van der Waals surface area (Å²) < 4.78 is 0. The number of aromatic hydroxyl groups is 1. The Kier molecular flexibility index (Phi) is 7.13. The van der Waals surface area contributed by atoms with Crippen molar-refractivity contribution >= 4 is 23.2 Å². The summed E-state index contributed by atoms with van der Waals surface area (Å²) in [5, 5.41) is 26.7. The van der Waals surface area contributed by atoms with Crippen molar-refractivity contribution in [1.29, 1.82) is 5.26 Å². The van der Waals surface area contributed by atoms with Crippen molar-refractivity contribution in [2.24, 2.45) is 0 Å². The van der Waals surface area contributed by atoms with Gasteiger partial charge in [-0.3, -0.25) is 4.79 Å². The van der Waals surface area contributed by atoms with Crippen molar-refractivity contribution in [2.75, 3.05) is 6.54 Å². The molecule has 0 spiro atoms. The van der Waals surface area contributed by atoms with E-state index in [9.17, 15) is 9.90 Å². The Hall–Kier alpha value is -2.33. The number of thiocarbonyl (C=S) groups is 1. The summed E-state index contributed by atoms with van der Waals surface area (Å²) in [6.45, 7) is 3.83. The molecule has 6 nitrogen and oxygen atoms in total. The van der Waals surface area contributed by atoms with E-state index in [1.54, 1.807) is 24.3 Å². The molecule has 0 bridgehead atoms. The highest BCUT2D eigenvalue weighted by Crippen LogP contribution is 2.11. The molecule has 1 aromatic rings. The molecule has 0 saturated carbocycles. The van der Waals surface area contributed by atoms with Gasteiger partial charge in [0.25, 0.3) is 0 Å². The number of rotatable bonds is 6. The summed E-state index contributed by atoms with van der Waals surface area (Å²) in [6, 6.07) is 8.01. The maximum absolute atomic E-state index is 12.1. The molecule has 1 rings (SSSR count). The molecule has 0 heterocycles. The van der Waals surface area contributed by atoms with Gasteiger partial charge in [0.2, 0.25) is 5.91 Å². The van der Waals surface area contributed by atoms with E-state index in [2.05, 4.69) is 16.0 Å². The van der Waals surface area contributed by atoms with Gasteiger partial charge < -0.3 is 21.1 Å². The lowest BCUT2D eigenvalue weighted by Gasteiger charge is -2.21. The van der Waals surface area contributed by atoms with Crippen molar-refractivity contribution in [3.8, 4) is 11.8 Å². The van der Waals surface area contributed by atoms with Gasteiger partial charge in [-0.15, -0.1) is 0 Å². The molecule has 0 saturated heterocycles. The predicted octanol–water partition coefficient (Wildman–Crippen LogP) is 0.816. The first-order chi connectivity index (χ1) is 10.4. The zero-order valence-electron chi connectivity index (χ0n) is 12.6. The van der Waals surface area contributed by atoms with E-state index in [0.717, 1.165) is 5.56 Å². The van der Waals surface area contributed by atoms with Gasteiger partial charge >= 0.3 is 0 Å². The van der Waals surface area contributed by atoms with Crippen LogP contribution >= 0.6 is 12.2 Å². The second-order valence-corrected chi connectivity index (χ2v) is 5.48. The van der Waals surface area contributed by atoms with E-state index < -0.39 is 6.04 Å². The summed E-state index contributed by atoms with van der Waals surface area (Å²) in [6.07, 6.45) is 0.386. The minimum absolute atomic E-state index is 0.0586. The smallest absolute Gasteiger partial charge is 0.243 e. The lowest BCUT2D eigenvalue weighted by atomic mass is 10.1. The maximum Gasteiger partial charge on any atom is 0.243 e. The fourth-order valence-electron chi connectivity index (χ4n) is 1.79. The molecule has 1 amide bonds. The Balaban J connectivity index is 2.76. The molecule has 0 aromatic heterocycles. The van der Waals surface area contributed by atoms with Crippen molar-refractivity contribution < 1.29 is 9.90 Å². The third-order valence-electron chi connectivity index (χ3n) is 2.76. The Morgan fingerprint density at radius 3 is 2.50 bits per heavy atom. The molecule has 0 fully saturated rings. The van der Waals surface area contributed by atoms with Gasteiger partial charge in [-0.2, -0.15) is 5.26 Å². The van der Waals surface area contributed by atoms with Gasteiger partial charge in [0.15, 0.2) is 5.11 Å². The van der Waals surface area contributed by atoms with Crippen LogP contribution in [0, 0.1) is 11.3 Å². The number of carbonyl (C=O) groups excluding carboxylic acids is 1. The van der Waals surface area contributed by atoms with Crippen LogP contribution in [0.3, 0.4) is 0 Å². The summed E-state index contributed by atoms with van der Waals surface area (Å²) in [5.74, 6) is -0.137. The highest BCUT2D eigenvalue weighted by Gasteiger charge is 2.19. The normalized spacial score (nSPS) is 11.4. The van der Waals surface area contributed by atoms with E-state index >= 15 is 0 Å². The standard InChI is InChI=1S/C15H20N4O2S/c1-10(2)18-15(22)19-13(14(21)17-8-7-16)9-11-3-5-12(20)6-4-11/h3-6,10,13,20H,8-9H2,1-2H3,(H,17,21)(H2,18,19,22). The lowest BCUT2D eigenvalue weighted by Crippen LogP contribution is -2.52. The van der Waals surface area contributed by atoms with E-state index in [1.807, 2.05) is 19.9 Å². The highest BCUT2D eigenvalue weighted by molar-refractivity contribution is 7.80. The van der Waals surface area contributed by atoms with Crippen LogP contribution in [0.25, 0.3) is 0 Å². The maximum atomic E-state index is 12.1.